The monoisotopic (exact) mass is 1720 g/mol. The summed E-state index contributed by atoms with van der Waals surface area (Å²) >= 11 is -0.137. The van der Waals surface area contributed by atoms with E-state index >= 15 is 0 Å². The molecule has 0 spiro atoms. The molecule has 0 bridgehead atoms. The van der Waals surface area contributed by atoms with Gasteiger partial charge >= 0.3 is 70.6 Å². The molecule has 4 nitrogen and oxygen atoms in total. The van der Waals surface area contributed by atoms with Crippen molar-refractivity contribution in [3.05, 3.63) is 179 Å². The van der Waals surface area contributed by atoms with Gasteiger partial charge in [0.1, 0.15) is 28.1 Å². The molecule has 0 atom stereocenters. The molecule has 0 aliphatic rings. The highest BCUT2D eigenvalue weighted by Gasteiger charge is 2.53. The van der Waals surface area contributed by atoms with Crippen LogP contribution in [0.15, 0.2) is 127 Å². The predicted molar refractivity (Wildman–Crippen MR) is 373 cm³/mol. The average molecular weight is 1720 g/mol. The Hall–Kier alpha value is -6.54. The van der Waals surface area contributed by atoms with Crippen molar-refractivity contribution < 1.29 is 146 Å². The largest absolute Gasteiger partial charge is 0.494 e. The molecule has 6 rings (SSSR count). The van der Waals surface area contributed by atoms with Gasteiger partial charge in [0.05, 0.1) is 51.1 Å². The SMILES string of the molecule is CCCCCCCC(=O)[Si](CCCCCCCCCCCOc1ccc([I+]c2ccccc2)cc1)(C(=O)CCCCCCC)C(=O)CCCCCCC.FC(F)(F)c1cc([B-](c2cc(C(F)(F)F)cc(C(F)(F)F)c2)(c2cc(C(F)(F)F)cc(C(F)(F)F)c2)c2cc(C(F)(F)F)cc(C(F)(F)F)c2)cc(C(F)(F)F)c1. The van der Waals surface area contributed by atoms with Crippen LogP contribution in [0.3, 0.4) is 0 Å². The maximum atomic E-state index is 14.2. The number of hydrogen-bond donors (Lipinski definition) is 0. The van der Waals surface area contributed by atoms with Crippen LogP contribution in [0.4, 0.5) is 105 Å². The molecule has 6 aromatic carbocycles. The topological polar surface area (TPSA) is 60.4 Å². The second kappa shape index (κ2) is 41.5. The van der Waals surface area contributed by atoms with Crippen molar-refractivity contribution in [3.63, 3.8) is 0 Å². The van der Waals surface area contributed by atoms with Crippen LogP contribution in [0.5, 0.6) is 5.75 Å². The van der Waals surface area contributed by atoms with Gasteiger partial charge < -0.3 is 19.1 Å². The number of carbonyl (C=O) groups is 3. The third-order valence-electron chi connectivity index (χ3n) is 19.1. The van der Waals surface area contributed by atoms with E-state index in [1.807, 2.05) is 0 Å². The van der Waals surface area contributed by atoms with E-state index in [2.05, 4.69) is 75.4 Å². The summed E-state index contributed by atoms with van der Waals surface area (Å²) in [6.07, 6.45) is -27.3. The minimum atomic E-state index is -6.13. The van der Waals surface area contributed by atoms with E-state index in [-0.39, 0.29) is 37.4 Å². The normalized spacial score (nSPS) is 13.0. The first-order valence-electron chi connectivity index (χ1n) is 36.6. The number of carbonyl (C=O) groups excluding carboxylic acids is 3. The van der Waals surface area contributed by atoms with Crippen molar-refractivity contribution in [2.45, 2.75) is 250 Å². The first-order chi connectivity index (χ1) is 51.2. The lowest BCUT2D eigenvalue weighted by Gasteiger charge is -2.46. The maximum absolute atomic E-state index is 14.2. The molecule has 0 N–H and O–H groups in total. The minimum Gasteiger partial charge on any atom is -0.494 e. The number of alkyl halides is 24. The number of benzene rings is 6. The Morgan fingerprint density at radius 1 is 0.300 bits per heavy atom. The molecule has 110 heavy (non-hydrogen) atoms. The summed E-state index contributed by atoms with van der Waals surface area (Å²) in [5, 5.41) is 0.240. The Kier molecular flexibility index (Phi) is 35.5. The standard InChI is InChI=1S/C47H76IO4Si.C32H12BF24/c1-4-7-10-18-26-33-45(49)53(46(50)34-27-19-11-8-5-2,47(51)35-28-20-12-9-6-3)41-30-22-17-15-13-14-16-21-29-40-52-44-38-36-43(37-39-44)48-42-31-24-23-25-32-42;34-25(35,36)13-1-14(26(37,38)39)6-21(5-13)33(22-7-15(27(40,41)42)2-16(8-22)28(43,44)45,23-9-17(29(46,47)48)3-18(10-23)30(49,50)51)24-11-19(31(52,53)54)4-20(12-24)32(55,56)57/h23-25,31-32,36-39H,4-22,26-30,33-35,40-41H2,1-3H3;1-12H/q+1;-1. The summed E-state index contributed by atoms with van der Waals surface area (Å²) in [4.78, 5) is 42.4. The van der Waals surface area contributed by atoms with Crippen LogP contribution >= 0.6 is 0 Å². The molecule has 0 saturated heterocycles. The van der Waals surface area contributed by atoms with E-state index < -0.39 is 203 Å². The summed E-state index contributed by atoms with van der Waals surface area (Å²) < 4.78 is 350. The summed E-state index contributed by atoms with van der Waals surface area (Å²) in [7, 11) is -3.38. The van der Waals surface area contributed by atoms with Crippen LogP contribution in [-0.4, -0.2) is 37.0 Å². The first kappa shape index (κ1) is 94.1. The van der Waals surface area contributed by atoms with Crippen molar-refractivity contribution >= 4 is 52.3 Å². The highest BCUT2D eigenvalue weighted by Crippen LogP contribution is 2.42. The average Bonchev–Trinajstić information content (AvgIpc) is 0.707. The van der Waals surface area contributed by atoms with Gasteiger partial charge in [-0.15, -0.1) is 0 Å². The first-order valence-corrected chi connectivity index (χ1v) is 41.0. The molecule has 0 saturated carbocycles. The Balaban J connectivity index is 0.000000395. The van der Waals surface area contributed by atoms with Gasteiger partial charge in [-0.25, -0.2) is 0 Å². The van der Waals surface area contributed by atoms with Crippen molar-refractivity contribution in [3.8, 4) is 5.75 Å². The van der Waals surface area contributed by atoms with E-state index in [0.29, 0.717) is 25.3 Å². The van der Waals surface area contributed by atoms with Gasteiger partial charge in [0.2, 0.25) is 0 Å². The lowest BCUT2D eigenvalue weighted by molar-refractivity contribution is -0.597. The molecule has 610 valence electrons. The maximum Gasteiger partial charge on any atom is 0.416 e. The number of rotatable bonds is 40. The fourth-order valence-electron chi connectivity index (χ4n) is 13.4. The highest BCUT2D eigenvalue weighted by atomic mass is 127. The third kappa shape index (κ3) is 28.2. The Labute approximate surface area is 635 Å². The molecule has 0 unspecified atom stereocenters. The fourth-order valence-corrected chi connectivity index (χ4v) is 20.0. The van der Waals surface area contributed by atoms with Gasteiger partial charge in [0.25, 0.3) is 8.07 Å². The van der Waals surface area contributed by atoms with Crippen molar-refractivity contribution in [1.82, 2.24) is 0 Å². The molecule has 0 aliphatic carbocycles. The zero-order chi connectivity index (χ0) is 82.2. The fraction of sp³-hybridized carbons (Fsp3) is 0.506. The highest BCUT2D eigenvalue weighted by molar-refractivity contribution is 7.40. The van der Waals surface area contributed by atoms with Crippen LogP contribution in [0, 0.1) is 7.14 Å². The Bertz CT molecular complexity index is 3360. The van der Waals surface area contributed by atoms with Crippen LogP contribution in [0.25, 0.3) is 0 Å². The van der Waals surface area contributed by atoms with E-state index in [0.717, 1.165) is 95.8 Å². The summed E-state index contributed by atoms with van der Waals surface area (Å²) in [5.41, 5.74) is -30.2. The summed E-state index contributed by atoms with van der Waals surface area (Å²) in [6, 6.07) is 11.2. The van der Waals surface area contributed by atoms with Gasteiger partial charge in [0.15, 0.2) is 7.14 Å². The van der Waals surface area contributed by atoms with E-state index in [4.69, 9.17) is 4.74 Å². The summed E-state index contributed by atoms with van der Waals surface area (Å²) in [6.45, 7) is 7.37. The van der Waals surface area contributed by atoms with Crippen LogP contribution in [-0.2, 0) is 63.8 Å². The van der Waals surface area contributed by atoms with Crippen LogP contribution in [0.2, 0.25) is 6.04 Å². The zero-order valence-electron chi connectivity index (χ0n) is 60.8. The molecular formula is C79H88BF24IO4Si. The molecule has 0 heterocycles. The molecule has 0 amide bonds. The van der Waals surface area contributed by atoms with Gasteiger partial charge in [-0.05, 0) is 92.4 Å². The number of halogens is 25. The smallest absolute Gasteiger partial charge is 0.416 e. The number of unbranched alkanes of at least 4 members (excludes halogenated alkanes) is 20. The molecule has 0 aromatic heterocycles. The second-order valence-corrected chi connectivity index (χ2v) is 34.5. The number of ether oxygens (including phenoxy) is 1. The quantitative estimate of drug-likeness (QED) is 0.0166. The Morgan fingerprint density at radius 3 is 0.800 bits per heavy atom. The van der Waals surface area contributed by atoms with E-state index in [1.54, 1.807) is 0 Å². The van der Waals surface area contributed by atoms with Gasteiger partial charge in [-0.3, -0.25) is 0 Å². The van der Waals surface area contributed by atoms with Gasteiger partial charge in [0, 0.05) is 19.3 Å². The zero-order valence-corrected chi connectivity index (χ0v) is 63.9. The molecule has 0 fully saturated rings. The predicted octanol–water partition coefficient (Wildman–Crippen LogP) is 21.8. The molecule has 6 aromatic rings. The molecule has 0 radical (unpaired) electrons. The second-order valence-electron chi connectivity index (χ2n) is 27.5. The van der Waals surface area contributed by atoms with Crippen molar-refractivity contribution in [1.29, 1.82) is 0 Å². The lowest BCUT2D eigenvalue weighted by Crippen LogP contribution is -3.61. The van der Waals surface area contributed by atoms with E-state index in [1.165, 1.54) is 77.8 Å². The minimum absolute atomic E-state index is 0.0801. The number of hydrogen-bond acceptors (Lipinski definition) is 4. The van der Waals surface area contributed by atoms with Crippen molar-refractivity contribution in [2.24, 2.45) is 0 Å². The van der Waals surface area contributed by atoms with Gasteiger partial charge in [-0.2, -0.15) is 127 Å². The molecular weight excluding hydrogens is 1630 g/mol. The molecule has 0 aliphatic heterocycles. The lowest BCUT2D eigenvalue weighted by atomic mass is 9.12. The van der Waals surface area contributed by atoms with Crippen molar-refractivity contribution in [2.75, 3.05) is 6.61 Å². The van der Waals surface area contributed by atoms with Gasteiger partial charge in [-0.1, -0.05) is 216 Å². The summed E-state index contributed by atoms with van der Waals surface area (Å²) in [5.74, 6) is 0.967. The van der Waals surface area contributed by atoms with Crippen LogP contribution in [0.1, 0.15) is 239 Å². The Morgan fingerprint density at radius 2 is 0.536 bits per heavy atom. The molecule has 31 heteroatoms. The third-order valence-corrected chi connectivity index (χ3v) is 26.5. The van der Waals surface area contributed by atoms with Crippen LogP contribution < -0.4 is 47.8 Å². The van der Waals surface area contributed by atoms with E-state index in [9.17, 15) is 120 Å².